The summed E-state index contributed by atoms with van der Waals surface area (Å²) in [6, 6.07) is 5.94. The molecule has 0 aromatic heterocycles. The van der Waals surface area contributed by atoms with E-state index in [9.17, 15) is 4.79 Å². The van der Waals surface area contributed by atoms with E-state index in [2.05, 4.69) is 13.0 Å². The molecule has 1 aliphatic rings. The smallest absolute Gasteiger partial charge is 0.163 e. The van der Waals surface area contributed by atoms with E-state index in [1.54, 1.807) is 0 Å². The molecule has 0 amide bonds. The first-order valence-corrected chi connectivity index (χ1v) is 5.04. The van der Waals surface area contributed by atoms with Crippen molar-refractivity contribution in [3.8, 4) is 0 Å². The molecule has 1 aliphatic carbocycles. The molecular weight excluding hydrogens is 174 g/mol. The van der Waals surface area contributed by atoms with Gasteiger partial charge in [0.15, 0.2) is 5.78 Å². The molecule has 14 heavy (non-hydrogen) atoms. The maximum absolute atomic E-state index is 11.8. The lowest BCUT2D eigenvalue weighted by atomic mass is 9.81. The molecule has 0 fully saturated rings. The van der Waals surface area contributed by atoms with Gasteiger partial charge in [0, 0.05) is 12.0 Å². The number of hydrogen-bond acceptors (Lipinski definition) is 2. The van der Waals surface area contributed by atoms with E-state index in [-0.39, 0.29) is 5.78 Å². The summed E-state index contributed by atoms with van der Waals surface area (Å²) in [5.74, 6) is 0.599. The van der Waals surface area contributed by atoms with Crippen LogP contribution in [0.25, 0.3) is 0 Å². The Labute approximate surface area is 84.1 Å². The summed E-state index contributed by atoms with van der Waals surface area (Å²) in [7, 11) is 0. The van der Waals surface area contributed by atoms with Crippen molar-refractivity contribution in [3.63, 3.8) is 0 Å². The summed E-state index contributed by atoms with van der Waals surface area (Å²) in [5.41, 5.74) is 8.96. The Morgan fingerprint density at radius 3 is 2.93 bits per heavy atom. The SMILES string of the molecule is Cc1cccc2c1CC(CN)CC2=O. The molecule has 2 nitrogen and oxygen atoms in total. The molecule has 1 aromatic carbocycles. The molecule has 0 spiro atoms. The van der Waals surface area contributed by atoms with Gasteiger partial charge in [-0.2, -0.15) is 0 Å². The molecular formula is C12H15NO. The number of carbonyl (C=O) groups excluding carboxylic acids is 1. The maximum atomic E-state index is 11.8. The van der Waals surface area contributed by atoms with Crippen molar-refractivity contribution >= 4 is 5.78 Å². The van der Waals surface area contributed by atoms with Crippen LogP contribution in [0.3, 0.4) is 0 Å². The first kappa shape index (κ1) is 9.41. The Balaban J connectivity index is 2.45. The summed E-state index contributed by atoms with van der Waals surface area (Å²) in [4.78, 5) is 11.8. The number of ketones is 1. The largest absolute Gasteiger partial charge is 0.330 e. The average Bonchev–Trinajstić information content (AvgIpc) is 2.19. The Morgan fingerprint density at radius 2 is 2.21 bits per heavy atom. The van der Waals surface area contributed by atoms with Crippen LogP contribution in [0.15, 0.2) is 18.2 Å². The molecule has 0 aliphatic heterocycles. The fraction of sp³-hybridized carbons (Fsp3) is 0.417. The van der Waals surface area contributed by atoms with E-state index < -0.39 is 0 Å². The fourth-order valence-electron chi connectivity index (χ4n) is 2.13. The number of nitrogens with two attached hydrogens (primary N) is 1. The van der Waals surface area contributed by atoms with E-state index in [0.29, 0.717) is 18.9 Å². The Morgan fingerprint density at radius 1 is 1.43 bits per heavy atom. The molecule has 0 saturated heterocycles. The maximum Gasteiger partial charge on any atom is 0.163 e. The zero-order valence-corrected chi connectivity index (χ0v) is 8.42. The normalized spacial score (nSPS) is 20.7. The molecule has 0 bridgehead atoms. The number of carbonyl (C=O) groups is 1. The first-order chi connectivity index (χ1) is 6.72. The van der Waals surface area contributed by atoms with Crippen LogP contribution in [-0.2, 0) is 6.42 Å². The van der Waals surface area contributed by atoms with Crippen LogP contribution in [0.5, 0.6) is 0 Å². The van der Waals surface area contributed by atoms with Crippen molar-refractivity contribution in [2.24, 2.45) is 11.7 Å². The van der Waals surface area contributed by atoms with Gasteiger partial charge in [0.05, 0.1) is 0 Å². The quantitative estimate of drug-likeness (QED) is 0.730. The van der Waals surface area contributed by atoms with Crippen molar-refractivity contribution in [3.05, 3.63) is 34.9 Å². The van der Waals surface area contributed by atoms with Gasteiger partial charge in [-0.1, -0.05) is 18.2 Å². The minimum absolute atomic E-state index is 0.255. The zero-order valence-electron chi connectivity index (χ0n) is 8.42. The third kappa shape index (κ3) is 1.46. The van der Waals surface area contributed by atoms with Gasteiger partial charge in [-0.15, -0.1) is 0 Å². The van der Waals surface area contributed by atoms with E-state index >= 15 is 0 Å². The Hall–Kier alpha value is -1.15. The number of benzene rings is 1. The predicted octanol–water partition coefficient (Wildman–Crippen LogP) is 1.70. The van der Waals surface area contributed by atoms with Gasteiger partial charge in [0.1, 0.15) is 0 Å². The molecule has 0 heterocycles. The minimum atomic E-state index is 0.255. The lowest BCUT2D eigenvalue weighted by Crippen LogP contribution is -2.26. The summed E-state index contributed by atoms with van der Waals surface area (Å²) in [5, 5.41) is 0. The van der Waals surface area contributed by atoms with E-state index in [4.69, 9.17) is 5.73 Å². The topological polar surface area (TPSA) is 43.1 Å². The first-order valence-electron chi connectivity index (χ1n) is 5.04. The lowest BCUT2D eigenvalue weighted by Gasteiger charge is -2.23. The molecule has 2 N–H and O–H groups in total. The second-order valence-corrected chi connectivity index (χ2v) is 4.03. The second kappa shape index (κ2) is 3.54. The van der Waals surface area contributed by atoms with Crippen LogP contribution in [0.1, 0.15) is 27.9 Å². The van der Waals surface area contributed by atoms with Gasteiger partial charge in [-0.05, 0) is 36.9 Å². The monoisotopic (exact) mass is 189 g/mol. The predicted molar refractivity (Wildman–Crippen MR) is 56.4 cm³/mol. The summed E-state index contributed by atoms with van der Waals surface area (Å²) < 4.78 is 0. The third-order valence-corrected chi connectivity index (χ3v) is 3.01. The number of fused-ring (bicyclic) bond motifs is 1. The van der Waals surface area contributed by atoms with Gasteiger partial charge in [-0.25, -0.2) is 0 Å². The van der Waals surface area contributed by atoms with Crippen LogP contribution in [0.2, 0.25) is 0 Å². The highest BCUT2D eigenvalue weighted by Gasteiger charge is 2.24. The Kier molecular flexibility index (Phi) is 2.38. The highest BCUT2D eigenvalue weighted by atomic mass is 16.1. The number of hydrogen-bond donors (Lipinski definition) is 1. The van der Waals surface area contributed by atoms with Crippen molar-refractivity contribution < 1.29 is 4.79 Å². The van der Waals surface area contributed by atoms with Crippen molar-refractivity contribution in [1.82, 2.24) is 0 Å². The molecule has 1 atom stereocenters. The molecule has 0 saturated carbocycles. The third-order valence-electron chi connectivity index (χ3n) is 3.01. The molecule has 2 rings (SSSR count). The van der Waals surface area contributed by atoms with E-state index in [1.165, 1.54) is 11.1 Å². The second-order valence-electron chi connectivity index (χ2n) is 4.03. The van der Waals surface area contributed by atoms with Gasteiger partial charge in [-0.3, -0.25) is 4.79 Å². The standard InChI is InChI=1S/C12H15NO/c1-8-3-2-4-10-11(8)5-9(7-13)6-12(10)14/h2-4,9H,5-7,13H2,1H3. The fourth-order valence-corrected chi connectivity index (χ4v) is 2.13. The highest BCUT2D eigenvalue weighted by Crippen LogP contribution is 2.27. The molecule has 2 heteroatoms. The van der Waals surface area contributed by atoms with Gasteiger partial charge in [0.2, 0.25) is 0 Å². The van der Waals surface area contributed by atoms with Gasteiger partial charge in [0.25, 0.3) is 0 Å². The summed E-state index contributed by atoms with van der Waals surface area (Å²) in [6.07, 6.45) is 1.58. The van der Waals surface area contributed by atoms with Crippen LogP contribution in [0, 0.1) is 12.8 Å². The van der Waals surface area contributed by atoms with Crippen molar-refractivity contribution in [2.45, 2.75) is 19.8 Å². The van der Waals surface area contributed by atoms with E-state index in [1.807, 2.05) is 12.1 Å². The summed E-state index contributed by atoms with van der Waals surface area (Å²) in [6.45, 7) is 2.67. The van der Waals surface area contributed by atoms with Crippen LogP contribution >= 0.6 is 0 Å². The zero-order chi connectivity index (χ0) is 10.1. The highest BCUT2D eigenvalue weighted by molar-refractivity contribution is 5.99. The summed E-state index contributed by atoms with van der Waals surface area (Å²) >= 11 is 0. The van der Waals surface area contributed by atoms with Crippen molar-refractivity contribution in [2.75, 3.05) is 6.54 Å². The molecule has 74 valence electrons. The Bertz CT molecular complexity index is 371. The van der Waals surface area contributed by atoms with Gasteiger partial charge >= 0.3 is 0 Å². The van der Waals surface area contributed by atoms with Gasteiger partial charge < -0.3 is 5.73 Å². The van der Waals surface area contributed by atoms with Crippen molar-refractivity contribution in [1.29, 1.82) is 0 Å². The van der Waals surface area contributed by atoms with Crippen LogP contribution in [0.4, 0.5) is 0 Å². The van der Waals surface area contributed by atoms with Crippen LogP contribution in [-0.4, -0.2) is 12.3 Å². The number of rotatable bonds is 1. The number of Topliss-reactive ketones (excluding diaryl/α,β-unsaturated/α-hetero) is 1. The number of aryl methyl sites for hydroxylation is 1. The molecule has 0 radical (unpaired) electrons. The average molecular weight is 189 g/mol. The molecule has 1 aromatic rings. The van der Waals surface area contributed by atoms with E-state index in [0.717, 1.165) is 12.0 Å². The van der Waals surface area contributed by atoms with Crippen LogP contribution < -0.4 is 5.73 Å². The molecule has 1 unspecified atom stereocenters. The minimum Gasteiger partial charge on any atom is -0.330 e. The lowest BCUT2D eigenvalue weighted by molar-refractivity contribution is 0.0950.